The van der Waals surface area contributed by atoms with Gasteiger partial charge in [-0.3, -0.25) is 9.48 Å². The van der Waals surface area contributed by atoms with Crippen LogP contribution in [0.5, 0.6) is 0 Å². The molecule has 0 atom stereocenters. The van der Waals surface area contributed by atoms with Gasteiger partial charge in [0.2, 0.25) is 0 Å². The molecule has 0 fully saturated rings. The fourth-order valence-electron chi connectivity index (χ4n) is 1.71. The highest BCUT2D eigenvalue weighted by Crippen LogP contribution is 2.21. The summed E-state index contributed by atoms with van der Waals surface area (Å²) in [6.07, 6.45) is 1.74. The Hall–Kier alpha value is -2.01. The van der Waals surface area contributed by atoms with Crippen molar-refractivity contribution in [3.63, 3.8) is 0 Å². The summed E-state index contributed by atoms with van der Waals surface area (Å²) in [5.41, 5.74) is 2.35. The van der Waals surface area contributed by atoms with Crippen LogP contribution in [0.15, 0.2) is 30.5 Å². The first-order chi connectivity index (χ1) is 9.11. The van der Waals surface area contributed by atoms with Crippen LogP contribution >= 0.6 is 11.6 Å². The van der Waals surface area contributed by atoms with E-state index in [1.54, 1.807) is 30.1 Å². The van der Waals surface area contributed by atoms with E-state index in [0.717, 1.165) is 11.4 Å². The van der Waals surface area contributed by atoms with E-state index in [4.69, 9.17) is 11.6 Å². The minimum atomic E-state index is -0.200. The largest absolute Gasteiger partial charge is 0.379 e. The summed E-state index contributed by atoms with van der Waals surface area (Å²) in [4.78, 5) is 11.6. The first-order valence-corrected chi connectivity index (χ1v) is 6.22. The molecule has 0 spiro atoms. The minimum absolute atomic E-state index is 0.200. The van der Waals surface area contributed by atoms with Gasteiger partial charge in [0.25, 0.3) is 5.91 Å². The number of hydrogen-bond acceptors (Lipinski definition) is 3. The minimum Gasteiger partial charge on any atom is -0.379 e. The highest BCUT2D eigenvalue weighted by Gasteiger charge is 2.09. The molecule has 0 aliphatic heterocycles. The predicted octanol–water partition coefficient (Wildman–Crippen LogP) is 2.05. The molecule has 0 bridgehead atoms. The lowest BCUT2D eigenvalue weighted by Crippen LogP contribution is -2.18. The van der Waals surface area contributed by atoms with E-state index < -0.39 is 0 Å². The van der Waals surface area contributed by atoms with Crippen LogP contribution in [0.1, 0.15) is 16.1 Å². The number of carbonyl (C=O) groups is 1. The number of hydrogen-bond donors (Lipinski definition) is 2. The van der Waals surface area contributed by atoms with Crippen LogP contribution in [0.25, 0.3) is 0 Å². The molecule has 2 aromatic rings. The van der Waals surface area contributed by atoms with Crippen molar-refractivity contribution in [1.29, 1.82) is 0 Å². The summed E-state index contributed by atoms with van der Waals surface area (Å²) >= 11 is 5.99. The van der Waals surface area contributed by atoms with E-state index in [1.165, 1.54) is 0 Å². The number of amides is 1. The van der Waals surface area contributed by atoms with Gasteiger partial charge in [0.1, 0.15) is 0 Å². The van der Waals surface area contributed by atoms with Crippen molar-refractivity contribution < 1.29 is 4.79 Å². The van der Waals surface area contributed by atoms with Crippen LogP contribution in [0.4, 0.5) is 5.69 Å². The first kappa shape index (κ1) is 13.4. The Morgan fingerprint density at radius 1 is 1.42 bits per heavy atom. The lowest BCUT2D eigenvalue weighted by molar-refractivity contribution is 0.0963. The number of carbonyl (C=O) groups excluding carboxylic acids is 1. The van der Waals surface area contributed by atoms with Gasteiger partial charge in [-0.05, 0) is 24.3 Å². The Morgan fingerprint density at radius 2 is 2.21 bits per heavy atom. The molecule has 1 amide bonds. The van der Waals surface area contributed by atoms with Gasteiger partial charge in [-0.2, -0.15) is 5.10 Å². The van der Waals surface area contributed by atoms with E-state index in [0.29, 0.717) is 17.1 Å². The van der Waals surface area contributed by atoms with Crippen molar-refractivity contribution in [2.75, 3.05) is 12.4 Å². The first-order valence-electron chi connectivity index (χ1n) is 5.84. The molecule has 2 N–H and O–H groups in total. The Morgan fingerprint density at radius 3 is 2.84 bits per heavy atom. The van der Waals surface area contributed by atoms with Crippen LogP contribution in [0.3, 0.4) is 0 Å². The second kappa shape index (κ2) is 5.75. The van der Waals surface area contributed by atoms with Crippen molar-refractivity contribution in [3.8, 4) is 0 Å². The second-order valence-corrected chi connectivity index (χ2v) is 4.48. The summed E-state index contributed by atoms with van der Waals surface area (Å²) in [7, 11) is 3.46. The molecule has 2 rings (SSSR count). The average Bonchev–Trinajstić information content (AvgIpc) is 2.82. The Bertz CT molecular complexity index is 594. The van der Waals surface area contributed by atoms with Crippen molar-refractivity contribution >= 4 is 23.2 Å². The molecule has 0 unspecified atom stereocenters. The van der Waals surface area contributed by atoms with Gasteiger partial charge in [0.05, 0.1) is 22.8 Å². The molecule has 0 radical (unpaired) electrons. The molecule has 1 aromatic heterocycles. The Balaban J connectivity index is 2.13. The number of rotatable bonds is 4. The van der Waals surface area contributed by atoms with E-state index in [1.807, 2.05) is 19.2 Å². The molecule has 0 aliphatic rings. The van der Waals surface area contributed by atoms with Crippen LogP contribution < -0.4 is 10.6 Å². The quantitative estimate of drug-likeness (QED) is 0.900. The molecule has 6 heteroatoms. The van der Waals surface area contributed by atoms with Crippen LogP contribution in [0.2, 0.25) is 5.02 Å². The third-order valence-corrected chi connectivity index (χ3v) is 3.16. The normalized spacial score (nSPS) is 10.3. The van der Waals surface area contributed by atoms with E-state index in [-0.39, 0.29) is 5.91 Å². The van der Waals surface area contributed by atoms with Gasteiger partial charge in [-0.1, -0.05) is 11.6 Å². The highest BCUT2D eigenvalue weighted by atomic mass is 35.5. The molecule has 19 heavy (non-hydrogen) atoms. The van der Waals surface area contributed by atoms with Gasteiger partial charge < -0.3 is 10.6 Å². The maximum atomic E-state index is 11.6. The molecule has 1 heterocycles. The van der Waals surface area contributed by atoms with Crippen molar-refractivity contribution in [1.82, 2.24) is 15.1 Å². The highest BCUT2D eigenvalue weighted by molar-refractivity contribution is 6.34. The number of aryl methyl sites for hydroxylation is 1. The van der Waals surface area contributed by atoms with Crippen LogP contribution in [0, 0.1) is 0 Å². The summed E-state index contributed by atoms with van der Waals surface area (Å²) in [5, 5.41) is 10.3. The zero-order valence-corrected chi connectivity index (χ0v) is 11.5. The zero-order chi connectivity index (χ0) is 13.8. The van der Waals surface area contributed by atoms with Crippen LogP contribution in [-0.2, 0) is 13.6 Å². The molecule has 5 nitrogen and oxygen atoms in total. The van der Waals surface area contributed by atoms with Crippen molar-refractivity contribution in [3.05, 3.63) is 46.7 Å². The SMILES string of the molecule is CNC(=O)c1cc(NCc2ccnn2C)ccc1Cl. The molecule has 0 aliphatic carbocycles. The number of nitrogens with zero attached hydrogens (tertiary/aromatic N) is 2. The van der Waals surface area contributed by atoms with Crippen molar-refractivity contribution in [2.45, 2.75) is 6.54 Å². The van der Waals surface area contributed by atoms with E-state index in [9.17, 15) is 4.79 Å². The fraction of sp³-hybridized carbons (Fsp3) is 0.231. The standard InChI is InChI=1S/C13H15ClN4O/c1-15-13(19)11-7-9(3-4-12(11)14)16-8-10-5-6-17-18(10)2/h3-7,16H,8H2,1-2H3,(H,15,19). The van der Waals surface area contributed by atoms with Gasteiger partial charge >= 0.3 is 0 Å². The predicted molar refractivity (Wildman–Crippen MR) is 75.4 cm³/mol. The number of aromatic nitrogens is 2. The third-order valence-electron chi connectivity index (χ3n) is 2.83. The number of anilines is 1. The van der Waals surface area contributed by atoms with E-state index >= 15 is 0 Å². The number of halogens is 1. The molecule has 0 saturated heterocycles. The monoisotopic (exact) mass is 278 g/mol. The third kappa shape index (κ3) is 3.06. The van der Waals surface area contributed by atoms with Gasteiger partial charge in [-0.15, -0.1) is 0 Å². The Kier molecular flexibility index (Phi) is 4.06. The Labute approximate surface area is 116 Å². The number of nitrogens with one attached hydrogen (secondary N) is 2. The maximum Gasteiger partial charge on any atom is 0.252 e. The maximum absolute atomic E-state index is 11.6. The topological polar surface area (TPSA) is 59.0 Å². The van der Waals surface area contributed by atoms with Gasteiger partial charge in [0.15, 0.2) is 0 Å². The molecule has 100 valence electrons. The smallest absolute Gasteiger partial charge is 0.252 e. The lowest BCUT2D eigenvalue weighted by atomic mass is 10.2. The lowest BCUT2D eigenvalue weighted by Gasteiger charge is -2.09. The van der Waals surface area contributed by atoms with Crippen LogP contribution in [-0.4, -0.2) is 22.7 Å². The molecular weight excluding hydrogens is 264 g/mol. The average molecular weight is 279 g/mol. The summed E-state index contributed by atoms with van der Waals surface area (Å²) < 4.78 is 1.79. The molecule has 0 saturated carbocycles. The number of benzene rings is 1. The summed E-state index contributed by atoms with van der Waals surface area (Å²) in [6.45, 7) is 0.630. The fourth-order valence-corrected chi connectivity index (χ4v) is 1.91. The molecule has 1 aromatic carbocycles. The second-order valence-electron chi connectivity index (χ2n) is 4.07. The molecular formula is C13H15ClN4O. The van der Waals surface area contributed by atoms with Gasteiger partial charge in [-0.25, -0.2) is 0 Å². The zero-order valence-electron chi connectivity index (χ0n) is 10.8. The van der Waals surface area contributed by atoms with Gasteiger partial charge in [0, 0.05) is 26.0 Å². The summed E-state index contributed by atoms with van der Waals surface area (Å²) in [6, 6.07) is 7.21. The van der Waals surface area contributed by atoms with E-state index in [2.05, 4.69) is 15.7 Å². The van der Waals surface area contributed by atoms with Crippen molar-refractivity contribution in [2.24, 2.45) is 7.05 Å². The summed E-state index contributed by atoms with van der Waals surface area (Å²) in [5.74, 6) is -0.200.